The van der Waals surface area contributed by atoms with E-state index in [1.165, 1.54) is 0 Å². The SMILES string of the molecule is CC(C)CC(C)N(C)C(=O)c1cccc(N)c1Cl. The van der Waals surface area contributed by atoms with E-state index < -0.39 is 0 Å². The zero-order chi connectivity index (χ0) is 13.9. The Bertz CT molecular complexity index is 432. The lowest BCUT2D eigenvalue weighted by molar-refractivity contribution is 0.0728. The molecule has 0 saturated carbocycles. The minimum Gasteiger partial charge on any atom is -0.398 e. The Hall–Kier alpha value is -1.22. The van der Waals surface area contributed by atoms with Crippen LogP contribution in [0.15, 0.2) is 18.2 Å². The van der Waals surface area contributed by atoms with Crippen molar-refractivity contribution in [2.45, 2.75) is 33.2 Å². The summed E-state index contributed by atoms with van der Waals surface area (Å²) in [6.07, 6.45) is 0.960. The van der Waals surface area contributed by atoms with E-state index in [-0.39, 0.29) is 11.9 Å². The standard InChI is InChI=1S/C14H21ClN2O/c1-9(2)8-10(3)17(4)14(18)11-6-5-7-12(16)13(11)15/h5-7,9-10H,8,16H2,1-4H3. The quantitative estimate of drug-likeness (QED) is 0.851. The second-order valence-electron chi connectivity index (χ2n) is 5.10. The van der Waals surface area contributed by atoms with Gasteiger partial charge in [0.05, 0.1) is 16.3 Å². The highest BCUT2D eigenvalue weighted by Crippen LogP contribution is 2.25. The number of nitrogens with two attached hydrogens (primary N) is 1. The number of amides is 1. The monoisotopic (exact) mass is 268 g/mol. The molecule has 0 aliphatic heterocycles. The van der Waals surface area contributed by atoms with Crippen LogP contribution in [0.4, 0.5) is 5.69 Å². The van der Waals surface area contributed by atoms with Crippen LogP contribution in [-0.4, -0.2) is 23.9 Å². The summed E-state index contributed by atoms with van der Waals surface area (Å²) in [5.41, 5.74) is 6.62. The van der Waals surface area contributed by atoms with Gasteiger partial charge in [-0.25, -0.2) is 0 Å². The van der Waals surface area contributed by atoms with Crippen LogP contribution in [0.1, 0.15) is 37.6 Å². The van der Waals surface area contributed by atoms with Crippen LogP contribution < -0.4 is 5.73 Å². The van der Waals surface area contributed by atoms with Crippen LogP contribution >= 0.6 is 11.6 Å². The fourth-order valence-electron chi connectivity index (χ4n) is 1.95. The van der Waals surface area contributed by atoms with E-state index in [4.69, 9.17) is 17.3 Å². The molecule has 2 N–H and O–H groups in total. The second-order valence-corrected chi connectivity index (χ2v) is 5.48. The number of carbonyl (C=O) groups excluding carboxylic acids is 1. The summed E-state index contributed by atoms with van der Waals surface area (Å²) < 4.78 is 0. The number of rotatable bonds is 4. The van der Waals surface area contributed by atoms with Crippen molar-refractivity contribution in [2.24, 2.45) is 5.92 Å². The molecule has 1 amide bonds. The number of carbonyl (C=O) groups is 1. The lowest BCUT2D eigenvalue weighted by atomic mass is 10.0. The molecular formula is C14H21ClN2O. The molecule has 1 aromatic rings. The van der Waals surface area contributed by atoms with Gasteiger partial charge in [-0.1, -0.05) is 31.5 Å². The van der Waals surface area contributed by atoms with Gasteiger partial charge < -0.3 is 10.6 Å². The molecule has 18 heavy (non-hydrogen) atoms. The summed E-state index contributed by atoms with van der Waals surface area (Å²) in [5, 5.41) is 0.339. The maximum Gasteiger partial charge on any atom is 0.255 e. The maximum absolute atomic E-state index is 12.3. The number of halogens is 1. The van der Waals surface area contributed by atoms with Crippen molar-refractivity contribution in [3.8, 4) is 0 Å². The van der Waals surface area contributed by atoms with Crippen LogP contribution in [0.3, 0.4) is 0 Å². The first-order valence-electron chi connectivity index (χ1n) is 6.15. The lowest BCUT2D eigenvalue weighted by Crippen LogP contribution is -2.36. The van der Waals surface area contributed by atoms with Gasteiger partial charge in [0, 0.05) is 13.1 Å². The molecule has 1 atom stereocenters. The highest BCUT2D eigenvalue weighted by Gasteiger charge is 2.20. The number of hydrogen-bond donors (Lipinski definition) is 1. The molecule has 0 bridgehead atoms. The van der Waals surface area contributed by atoms with Gasteiger partial charge in [-0.2, -0.15) is 0 Å². The Labute approximate surface area is 114 Å². The van der Waals surface area contributed by atoms with Crippen LogP contribution in [0.5, 0.6) is 0 Å². The van der Waals surface area contributed by atoms with E-state index in [0.717, 1.165) is 6.42 Å². The van der Waals surface area contributed by atoms with Crippen LogP contribution in [-0.2, 0) is 0 Å². The van der Waals surface area contributed by atoms with Crippen molar-refractivity contribution in [3.05, 3.63) is 28.8 Å². The number of benzene rings is 1. The minimum absolute atomic E-state index is 0.0829. The van der Waals surface area contributed by atoms with E-state index in [1.807, 2.05) is 6.92 Å². The summed E-state index contributed by atoms with van der Waals surface area (Å²) in [4.78, 5) is 14.0. The van der Waals surface area contributed by atoms with Gasteiger partial charge in [0.1, 0.15) is 0 Å². The fourth-order valence-corrected chi connectivity index (χ4v) is 2.15. The molecule has 0 saturated heterocycles. The van der Waals surface area contributed by atoms with E-state index in [2.05, 4.69) is 13.8 Å². The highest BCUT2D eigenvalue weighted by molar-refractivity contribution is 6.36. The average molecular weight is 269 g/mol. The molecule has 0 spiro atoms. The van der Waals surface area contributed by atoms with Crippen molar-refractivity contribution in [1.29, 1.82) is 0 Å². The Morgan fingerprint density at radius 2 is 2.00 bits per heavy atom. The number of hydrogen-bond acceptors (Lipinski definition) is 2. The van der Waals surface area contributed by atoms with Crippen LogP contribution in [0.2, 0.25) is 5.02 Å². The summed E-state index contributed by atoms with van der Waals surface area (Å²) in [6.45, 7) is 6.32. The molecule has 0 aliphatic carbocycles. The van der Waals surface area contributed by atoms with Gasteiger partial charge in [0.25, 0.3) is 5.91 Å². The third-order valence-electron chi connectivity index (χ3n) is 3.05. The van der Waals surface area contributed by atoms with Gasteiger partial charge in [0.15, 0.2) is 0 Å². The number of nitrogens with zero attached hydrogens (tertiary/aromatic N) is 1. The van der Waals surface area contributed by atoms with Crippen molar-refractivity contribution in [3.63, 3.8) is 0 Å². The topological polar surface area (TPSA) is 46.3 Å². The molecular weight excluding hydrogens is 248 g/mol. The van der Waals surface area contributed by atoms with Gasteiger partial charge in [-0.05, 0) is 31.4 Å². The summed E-state index contributed by atoms with van der Waals surface area (Å²) in [6, 6.07) is 5.32. The smallest absolute Gasteiger partial charge is 0.255 e. The summed E-state index contributed by atoms with van der Waals surface area (Å²) in [5.74, 6) is 0.465. The lowest BCUT2D eigenvalue weighted by Gasteiger charge is -2.26. The second kappa shape index (κ2) is 6.10. The molecule has 1 aromatic carbocycles. The highest BCUT2D eigenvalue weighted by atomic mass is 35.5. The molecule has 1 unspecified atom stereocenters. The molecule has 0 radical (unpaired) electrons. The van der Waals surface area contributed by atoms with Crippen molar-refractivity contribution in [1.82, 2.24) is 4.90 Å². The first kappa shape index (κ1) is 14.8. The Morgan fingerprint density at radius 1 is 1.39 bits per heavy atom. The summed E-state index contributed by atoms with van der Waals surface area (Å²) in [7, 11) is 1.80. The maximum atomic E-state index is 12.3. The minimum atomic E-state index is -0.0829. The molecule has 4 heteroatoms. The Kier molecular flexibility index (Phi) is 5.03. The first-order chi connectivity index (χ1) is 8.34. The van der Waals surface area contributed by atoms with E-state index in [0.29, 0.717) is 22.2 Å². The summed E-state index contributed by atoms with van der Waals surface area (Å²) >= 11 is 6.07. The number of nitrogen functional groups attached to an aromatic ring is 1. The molecule has 1 rings (SSSR count). The average Bonchev–Trinajstić information content (AvgIpc) is 2.30. The van der Waals surface area contributed by atoms with Crippen molar-refractivity contribution >= 4 is 23.2 Å². The van der Waals surface area contributed by atoms with E-state index in [9.17, 15) is 4.79 Å². The predicted molar refractivity (Wildman–Crippen MR) is 76.9 cm³/mol. The molecule has 3 nitrogen and oxygen atoms in total. The molecule has 100 valence electrons. The predicted octanol–water partition coefficient (Wildman–Crippen LogP) is 3.43. The first-order valence-corrected chi connectivity index (χ1v) is 6.53. The van der Waals surface area contributed by atoms with Crippen molar-refractivity contribution < 1.29 is 4.79 Å². The Balaban J connectivity index is 2.90. The van der Waals surface area contributed by atoms with Gasteiger partial charge in [-0.3, -0.25) is 4.79 Å². The zero-order valence-electron chi connectivity index (χ0n) is 11.4. The van der Waals surface area contributed by atoms with Gasteiger partial charge >= 0.3 is 0 Å². The van der Waals surface area contributed by atoms with Gasteiger partial charge in [0.2, 0.25) is 0 Å². The fraction of sp³-hybridized carbons (Fsp3) is 0.500. The molecule has 0 aromatic heterocycles. The molecule has 0 heterocycles. The largest absolute Gasteiger partial charge is 0.398 e. The van der Waals surface area contributed by atoms with Crippen LogP contribution in [0, 0.1) is 5.92 Å². The Morgan fingerprint density at radius 3 is 2.56 bits per heavy atom. The third-order valence-corrected chi connectivity index (χ3v) is 3.47. The van der Waals surface area contributed by atoms with E-state index >= 15 is 0 Å². The van der Waals surface area contributed by atoms with Crippen LogP contribution in [0.25, 0.3) is 0 Å². The molecule has 0 fully saturated rings. The third kappa shape index (κ3) is 3.39. The van der Waals surface area contributed by atoms with Crippen molar-refractivity contribution in [2.75, 3.05) is 12.8 Å². The number of anilines is 1. The van der Waals surface area contributed by atoms with Gasteiger partial charge in [-0.15, -0.1) is 0 Å². The zero-order valence-corrected chi connectivity index (χ0v) is 12.2. The molecule has 0 aliphatic rings. The normalized spacial score (nSPS) is 12.6. The van der Waals surface area contributed by atoms with E-state index in [1.54, 1.807) is 30.1 Å².